The molecular weight excluding hydrogens is 228 g/mol. The number of thiocarbonyl (C=S) groups is 1. The van der Waals surface area contributed by atoms with E-state index in [2.05, 4.69) is 0 Å². The van der Waals surface area contributed by atoms with E-state index in [1.54, 1.807) is 16.8 Å². The van der Waals surface area contributed by atoms with Gasteiger partial charge in [0.2, 0.25) is 0 Å². The van der Waals surface area contributed by atoms with Crippen LogP contribution < -0.4 is 5.73 Å². The number of nitrogens with two attached hydrogens (primary N) is 1. The van der Waals surface area contributed by atoms with E-state index < -0.39 is 12.2 Å². The molecule has 5 nitrogen and oxygen atoms in total. The Balaban J connectivity index is 2.20. The van der Waals surface area contributed by atoms with Gasteiger partial charge in [0, 0.05) is 12.6 Å². The molecule has 1 fully saturated rings. The van der Waals surface area contributed by atoms with Crippen LogP contribution in [0, 0.1) is 0 Å². The average Bonchev–Trinajstić information content (AvgIpc) is 2.82. The quantitative estimate of drug-likeness (QED) is 0.638. The molecule has 0 aliphatic carbocycles. The molecule has 2 rings (SSSR count). The fraction of sp³-hybridized carbons (Fsp3) is 0.500. The highest BCUT2D eigenvalue weighted by Crippen LogP contribution is 2.29. The van der Waals surface area contributed by atoms with Gasteiger partial charge in [0.05, 0.1) is 18.4 Å². The van der Waals surface area contributed by atoms with Crippen LogP contribution in [-0.2, 0) is 4.74 Å². The van der Waals surface area contributed by atoms with Crippen LogP contribution in [0.4, 0.5) is 0 Å². The highest BCUT2D eigenvalue weighted by molar-refractivity contribution is 7.80. The highest BCUT2D eigenvalue weighted by Gasteiger charge is 2.34. The number of aromatic nitrogens is 1. The second-order valence-corrected chi connectivity index (χ2v) is 4.22. The van der Waals surface area contributed by atoms with Crippen LogP contribution in [0.5, 0.6) is 0 Å². The molecule has 3 atom stereocenters. The minimum absolute atomic E-state index is 0.193. The molecule has 1 saturated heterocycles. The molecule has 2 heterocycles. The molecule has 0 radical (unpaired) electrons. The van der Waals surface area contributed by atoms with Crippen LogP contribution >= 0.6 is 12.2 Å². The van der Waals surface area contributed by atoms with Crippen molar-refractivity contribution in [1.82, 2.24) is 4.57 Å². The summed E-state index contributed by atoms with van der Waals surface area (Å²) in [6.07, 6.45) is 0.711. The van der Waals surface area contributed by atoms with Crippen molar-refractivity contribution >= 4 is 17.2 Å². The predicted molar refractivity (Wildman–Crippen MR) is 61.9 cm³/mol. The second-order valence-electron chi connectivity index (χ2n) is 3.78. The third kappa shape index (κ3) is 1.97. The zero-order chi connectivity index (χ0) is 11.7. The van der Waals surface area contributed by atoms with Gasteiger partial charge in [-0.1, -0.05) is 12.2 Å². The maximum Gasteiger partial charge on any atom is 0.137 e. The fourth-order valence-corrected chi connectivity index (χ4v) is 2.08. The maximum atomic E-state index is 9.63. The normalized spacial score (nSPS) is 29.5. The molecular formula is C10H14N2O3S. The minimum Gasteiger partial charge on any atom is -0.394 e. The molecule has 0 amide bonds. The van der Waals surface area contributed by atoms with Gasteiger partial charge in [-0.25, -0.2) is 0 Å². The first-order chi connectivity index (χ1) is 7.63. The van der Waals surface area contributed by atoms with Crippen molar-refractivity contribution < 1.29 is 14.9 Å². The van der Waals surface area contributed by atoms with Crippen LogP contribution in [0.1, 0.15) is 18.3 Å². The van der Waals surface area contributed by atoms with Crippen LogP contribution in [0.2, 0.25) is 0 Å². The lowest BCUT2D eigenvalue weighted by atomic mass is 10.2. The third-order valence-corrected chi connectivity index (χ3v) is 2.93. The van der Waals surface area contributed by atoms with Gasteiger partial charge in [0.15, 0.2) is 0 Å². The first-order valence-electron chi connectivity index (χ1n) is 5.04. The number of hydrogen-bond donors (Lipinski definition) is 3. The molecule has 16 heavy (non-hydrogen) atoms. The van der Waals surface area contributed by atoms with Crippen LogP contribution in [-0.4, -0.2) is 38.6 Å². The van der Waals surface area contributed by atoms with Gasteiger partial charge < -0.3 is 25.3 Å². The summed E-state index contributed by atoms with van der Waals surface area (Å²) in [5.41, 5.74) is 6.27. The largest absolute Gasteiger partial charge is 0.394 e. The van der Waals surface area contributed by atoms with Crippen LogP contribution in [0.15, 0.2) is 18.3 Å². The van der Waals surface area contributed by atoms with E-state index in [1.807, 2.05) is 6.07 Å². The van der Waals surface area contributed by atoms with E-state index in [0.29, 0.717) is 12.1 Å². The highest BCUT2D eigenvalue weighted by atomic mass is 32.1. The second kappa shape index (κ2) is 4.50. The molecule has 0 bridgehead atoms. The first kappa shape index (κ1) is 11.5. The molecule has 1 aliphatic rings. The predicted octanol–water partition coefficient (Wildman–Crippen LogP) is -0.237. The minimum atomic E-state index is -0.656. The Hall–Kier alpha value is -0.950. The van der Waals surface area contributed by atoms with Crippen molar-refractivity contribution in [3.8, 4) is 0 Å². The zero-order valence-corrected chi connectivity index (χ0v) is 9.43. The number of aliphatic hydroxyl groups is 2. The van der Waals surface area contributed by atoms with E-state index in [4.69, 9.17) is 27.8 Å². The van der Waals surface area contributed by atoms with Crippen LogP contribution in [0.3, 0.4) is 0 Å². The van der Waals surface area contributed by atoms with E-state index in [9.17, 15) is 5.11 Å². The summed E-state index contributed by atoms with van der Waals surface area (Å²) < 4.78 is 7.28. The molecule has 0 unspecified atom stereocenters. The molecule has 88 valence electrons. The third-order valence-electron chi connectivity index (χ3n) is 2.73. The Morgan fingerprint density at radius 2 is 2.44 bits per heavy atom. The Morgan fingerprint density at radius 1 is 1.69 bits per heavy atom. The van der Waals surface area contributed by atoms with Crippen molar-refractivity contribution in [3.05, 3.63) is 24.0 Å². The van der Waals surface area contributed by atoms with Crippen molar-refractivity contribution in [1.29, 1.82) is 0 Å². The SMILES string of the molecule is NC(=S)c1cccn1[C@H]1C[C@H](O)[C@@H](CO)O1. The lowest BCUT2D eigenvalue weighted by Crippen LogP contribution is -2.24. The molecule has 0 aromatic carbocycles. The molecule has 4 N–H and O–H groups in total. The summed E-state index contributed by atoms with van der Waals surface area (Å²) in [7, 11) is 0. The lowest BCUT2D eigenvalue weighted by molar-refractivity contribution is -0.0443. The number of rotatable bonds is 3. The van der Waals surface area contributed by atoms with E-state index >= 15 is 0 Å². The number of hydrogen-bond acceptors (Lipinski definition) is 4. The van der Waals surface area contributed by atoms with Crippen molar-refractivity contribution in [3.63, 3.8) is 0 Å². The number of aliphatic hydroxyl groups excluding tert-OH is 2. The van der Waals surface area contributed by atoms with Gasteiger partial charge in [0.25, 0.3) is 0 Å². The molecule has 1 aromatic rings. The molecule has 0 spiro atoms. The van der Waals surface area contributed by atoms with Gasteiger partial charge in [-0.3, -0.25) is 0 Å². The van der Waals surface area contributed by atoms with Crippen molar-refractivity contribution in [2.75, 3.05) is 6.61 Å². The summed E-state index contributed by atoms with van der Waals surface area (Å²) in [6, 6.07) is 3.61. The smallest absolute Gasteiger partial charge is 0.137 e. The zero-order valence-electron chi connectivity index (χ0n) is 8.61. The molecule has 1 aliphatic heterocycles. The maximum absolute atomic E-state index is 9.63. The van der Waals surface area contributed by atoms with Crippen molar-refractivity contribution in [2.24, 2.45) is 5.73 Å². The molecule has 0 saturated carbocycles. The van der Waals surface area contributed by atoms with Gasteiger partial charge in [-0.05, 0) is 12.1 Å². The Labute approximate surface area is 98.4 Å². The first-order valence-corrected chi connectivity index (χ1v) is 5.45. The standard InChI is InChI=1S/C10H14N2O3S/c11-10(16)6-2-1-3-12(6)9-4-7(14)8(5-13)15-9/h1-3,7-9,13-14H,4-5H2,(H2,11,16)/t7-,8+,9+/m0/s1. The molecule has 1 aromatic heterocycles. The monoisotopic (exact) mass is 242 g/mol. The van der Waals surface area contributed by atoms with E-state index in [-0.39, 0.29) is 17.8 Å². The summed E-state index contributed by atoms with van der Waals surface area (Å²) in [4.78, 5) is 0.288. The topological polar surface area (TPSA) is 80.6 Å². The van der Waals surface area contributed by atoms with Gasteiger partial charge in [-0.15, -0.1) is 0 Å². The van der Waals surface area contributed by atoms with Crippen LogP contribution in [0.25, 0.3) is 0 Å². The Morgan fingerprint density at radius 3 is 3.00 bits per heavy atom. The lowest BCUT2D eigenvalue weighted by Gasteiger charge is -2.16. The van der Waals surface area contributed by atoms with Crippen molar-refractivity contribution in [2.45, 2.75) is 24.9 Å². The summed E-state index contributed by atoms with van der Waals surface area (Å²) in [6.45, 7) is -0.193. The average molecular weight is 242 g/mol. The van der Waals surface area contributed by atoms with E-state index in [1.165, 1.54) is 0 Å². The number of nitrogens with zero attached hydrogens (tertiary/aromatic N) is 1. The summed E-state index contributed by atoms with van der Waals surface area (Å²) in [5, 5.41) is 18.6. The van der Waals surface area contributed by atoms with Gasteiger partial charge in [0.1, 0.15) is 17.3 Å². The summed E-state index contributed by atoms with van der Waals surface area (Å²) in [5.74, 6) is 0. The fourth-order valence-electron chi connectivity index (χ4n) is 1.90. The molecule has 6 heteroatoms. The van der Waals surface area contributed by atoms with Gasteiger partial charge in [-0.2, -0.15) is 0 Å². The summed E-state index contributed by atoms with van der Waals surface area (Å²) >= 11 is 4.92. The Bertz CT molecular complexity index is 393. The van der Waals surface area contributed by atoms with E-state index in [0.717, 1.165) is 0 Å². The Kier molecular flexibility index (Phi) is 3.25. The van der Waals surface area contributed by atoms with Gasteiger partial charge >= 0.3 is 0 Å². The number of ether oxygens (including phenoxy) is 1.